The first-order valence-corrected chi connectivity index (χ1v) is 9.55. The molecule has 2 aliphatic rings. The fourth-order valence-electron chi connectivity index (χ4n) is 4.11. The highest BCUT2D eigenvalue weighted by molar-refractivity contribution is 5.74. The fourth-order valence-corrected chi connectivity index (χ4v) is 4.11. The van der Waals surface area contributed by atoms with Crippen LogP contribution in [0.5, 0.6) is 0 Å². The van der Waals surface area contributed by atoms with Crippen molar-refractivity contribution >= 4 is 6.03 Å². The van der Waals surface area contributed by atoms with Gasteiger partial charge in [-0.1, -0.05) is 0 Å². The Morgan fingerprint density at radius 2 is 2.11 bits per heavy atom. The van der Waals surface area contributed by atoms with Crippen molar-refractivity contribution in [1.29, 1.82) is 0 Å². The number of hydrogen-bond donors (Lipinski definition) is 1. The summed E-state index contributed by atoms with van der Waals surface area (Å²) < 4.78 is 16.6. The minimum atomic E-state index is -0.0983. The molecule has 1 atom stereocenters. The maximum absolute atomic E-state index is 12.6. The van der Waals surface area contributed by atoms with E-state index in [1.54, 1.807) is 19.5 Å². The summed E-state index contributed by atoms with van der Waals surface area (Å²) in [5, 5.41) is 11.5. The van der Waals surface area contributed by atoms with Gasteiger partial charge < -0.3 is 24.1 Å². The molecule has 0 radical (unpaired) electrons. The van der Waals surface area contributed by atoms with Gasteiger partial charge in [-0.15, -0.1) is 10.2 Å². The van der Waals surface area contributed by atoms with Crippen LogP contribution >= 0.6 is 0 Å². The SMILES string of the molecule is COCCNC(=O)N1CC(c2nnc(-c3ccncc3)o2)C2(CCOCC2)C1. The van der Waals surface area contributed by atoms with Crippen LogP contribution in [0.4, 0.5) is 4.79 Å². The van der Waals surface area contributed by atoms with Gasteiger partial charge in [-0.05, 0) is 25.0 Å². The number of ether oxygens (including phenoxy) is 2. The Morgan fingerprint density at radius 3 is 2.86 bits per heavy atom. The number of aromatic nitrogens is 3. The van der Waals surface area contributed by atoms with Crippen molar-refractivity contribution in [3.05, 3.63) is 30.4 Å². The lowest BCUT2D eigenvalue weighted by Gasteiger charge is -2.36. The molecule has 2 amide bonds. The molecule has 1 unspecified atom stereocenters. The molecule has 28 heavy (non-hydrogen) atoms. The minimum absolute atomic E-state index is 0.00679. The van der Waals surface area contributed by atoms with Crippen LogP contribution in [0.3, 0.4) is 0 Å². The summed E-state index contributed by atoms with van der Waals surface area (Å²) in [6, 6.07) is 3.59. The van der Waals surface area contributed by atoms with Gasteiger partial charge in [-0.25, -0.2) is 4.79 Å². The number of amides is 2. The molecule has 0 bridgehead atoms. The monoisotopic (exact) mass is 387 g/mol. The average molecular weight is 387 g/mol. The molecule has 4 heterocycles. The molecule has 9 heteroatoms. The second-order valence-corrected chi connectivity index (χ2v) is 7.31. The molecule has 9 nitrogen and oxygen atoms in total. The summed E-state index contributed by atoms with van der Waals surface area (Å²) in [5.74, 6) is 1.05. The second kappa shape index (κ2) is 8.24. The van der Waals surface area contributed by atoms with Crippen molar-refractivity contribution in [3.63, 3.8) is 0 Å². The van der Waals surface area contributed by atoms with E-state index >= 15 is 0 Å². The molecule has 2 saturated heterocycles. The summed E-state index contributed by atoms with van der Waals surface area (Å²) >= 11 is 0. The summed E-state index contributed by atoms with van der Waals surface area (Å²) in [7, 11) is 1.62. The van der Waals surface area contributed by atoms with Crippen LogP contribution in [-0.4, -0.2) is 72.7 Å². The number of carbonyl (C=O) groups excluding carboxylic acids is 1. The zero-order valence-corrected chi connectivity index (χ0v) is 16.0. The van der Waals surface area contributed by atoms with E-state index in [1.807, 2.05) is 17.0 Å². The molecule has 2 fully saturated rings. The highest BCUT2D eigenvalue weighted by Crippen LogP contribution is 2.49. The topological polar surface area (TPSA) is 103 Å². The van der Waals surface area contributed by atoms with Crippen LogP contribution in [0.25, 0.3) is 11.5 Å². The maximum atomic E-state index is 12.6. The lowest BCUT2D eigenvalue weighted by molar-refractivity contribution is 0.0102. The van der Waals surface area contributed by atoms with E-state index in [9.17, 15) is 4.79 Å². The van der Waals surface area contributed by atoms with Crippen LogP contribution in [0.15, 0.2) is 28.9 Å². The first kappa shape index (κ1) is 18.8. The van der Waals surface area contributed by atoms with Crippen LogP contribution in [0.2, 0.25) is 0 Å². The normalized spacial score (nSPS) is 21.2. The third-order valence-corrected chi connectivity index (χ3v) is 5.67. The Kier molecular flexibility index (Phi) is 5.54. The lowest BCUT2D eigenvalue weighted by atomic mass is 9.72. The van der Waals surface area contributed by atoms with E-state index in [-0.39, 0.29) is 17.4 Å². The Balaban J connectivity index is 1.55. The first-order valence-electron chi connectivity index (χ1n) is 9.55. The van der Waals surface area contributed by atoms with Gasteiger partial charge in [-0.2, -0.15) is 0 Å². The Bertz CT molecular complexity index is 791. The van der Waals surface area contributed by atoms with Crippen molar-refractivity contribution in [2.45, 2.75) is 18.8 Å². The van der Waals surface area contributed by atoms with Crippen LogP contribution in [-0.2, 0) is 9.47 Å². The van der Waals surface area contributed by atoms with Gasteiger partial charge in [0.15, 0.2) is 0 Å². The van der Waals surface area contributed by atoms with Crippen LogP contribution < -0.4 is 5.32 Å². The van der Waals surface area contributed by atoms with E-state index in [0.29, 0.717) is 51.2 Å². The Hall–Kier alpha value is -2.52. The molecule has 2 aromatic heterocycles. The van der Waals surface area contributed by atoms with Crippen molar-refractivity contribution in [3.8, 4) is 11.5 Å². The van der Waals surface area contributed by atoms with E-state index in [2.05, 4.69) is 20.5 Å². The average Bonchev–Trinajstić information content (AvgIpc) is 3.35. The van der Waals surface area contributed by atoms with Gasteiger partial charge in [-0.3, -0.25) is 4.98 Å². The van der Waals surface area contributed by atoms with Gasteiger partial charge in [0.05, 0.1) is 12.5 Å². The van der Waals surface area contributed by atoms with Crippen molar-refractivity contribution < 1.29 is 18.7 Å². The quantitative estimate of drug-likeness (QED) is 0.779. The third kappa shape index (κ3) is 3.72. The minimum Gasteiger partial charge on any atom is -0.420 e. The molecular formula is C19H25N5O4. The molecule has 0 aliphatic carbocycles. The molecule has 0 aromatic carbocycles. The van der Waals surface area contributed by atoms with E-state index in [0.717, 1.165) is 18.4 Å². The zero-order chi connectivity index (χ0) is 19.4. The number of nitrogens with one attached hydrogen (secondary N) is 1. The summed E-state index contributed by atoms with van der Waals surface area (Å²) in [4.78, 5) is 18.5. The number of pyridine rings is 1. The van der Waals surface area contributed by atoms with Crippen molar-refractivity contribution in [2.75, 3.05) is 46.6 Å². The third-order valence-electron chi connectivity index (χ3n) is 5.67. The first-order chi connectivity index (χ1) is 13.7. The van der Waals surface area contributed by atoms with Gasteiger partial charge in [0, 0.05) is 63.3 Å². The predicted molar refractivity (Wildman–Crippen MR) is 99.6 cm³/mol. The van der Waals surface area contributed by atoms with Gasteiger partial charge in [0.25, 0.3) is 0 Å². The molecule has 4 rings (SSSR count). The number of nitrogens with zero attached hydrogens (tertiary/aromatic N) is 4. The lowest BCUT2D eigenvalue weighted by Crippen LogP contribution is -2.42. The second-order valence-electron chi connectivity index (χ2n) is 7.31. The zero-order valence-electron chi connectivity index (χ0n) is 16.0. The summed E-state index contributed by atoms with van der Waals surface area (Å²) in [6.45, 7) is 3.55. The number of methoxy groups -OCH3 is 1. The maximum Gasteiger partial charge on any atom is 0.317 e. The molecule has 150 valence electrons. The van der Waals surface area contributed by atoms with Crippen molar-refractivity contribution in [1.82, 2.24) is 25.4 Å². The molecule has 1 N–H and O–H groups in total. The fraction of sp³-hybridized carbons (Fsp3) is 0.579. The summed E-state index contributed by atoms with van der Waals surface area (Å²) in [5.41, 5.74) is 0.737. The Labute approximate surface area is 163 Å². The molecule has 1 spiro atoms. The largest absolute Gasteiger partial charge is 0.420 e. The molecular weight excluding hydrogens is 362 g/mol. The smallest absolute Gasteiger partial charge is 0.317 e. The molecule has 0 saturated carbocycles. The van der Waals surface area contributed by atoms with Crippen molar-refractivity contribution in [2.24, 2.45) is 5.41 Å². The highest BCUT2D eigenvalue weighted by Gasteiger charge is 2.51. The molecule has 2 aliphatic heterocycles. The van der Waals surface area contributed by atoms with E-state index in [1.165, 1.54) is 0 Å². The number of likely N-dealkylation sites (tertiary alicyclic amines) is 1. The van der Waals surface area contributed by atoms with Crippen LogP contribution in [0, 0.1) is 5.41 Å². The standard InChI is InChI=1S/C19H25N5O4/c1-26-11-8-21-18(25)24-12-15(19(13-24)4-9-27-10-5-19)17-23-22-16(28-17)14-2-6-20-7-3-14/h2-3,6-7,15H,4-5,8-13H2,1H3,(H,21,25). The van der Waals surface area contributed by atoms with Gasteiger partial charge in [0.1, 0.15) is 0 Å². The Morgan fingerprint density at radius 1 is 1.32 bits per heavy atom. The predicted octanol–water partition coefficient (Wildman–Crippen LogP) is 1.68. The molecule has 2 aromatic rings. The number of carbonyl (C=O) groups is 1. The number of hydrogen-bond acceptors (Lipinski definition) is 7. The summed E-state index contributed by atoms with van der Waals surface area (Å²) in [6.07, 6.45) is 5.13. The number of urea groups is 1. The highest BCUT2D eigenvalue weighted by atomic mass is 16.5. The van der Waals surface area contributed by atoms with Crippen LogP contribution in [0.1, 0.15) is 24.7 Å². The van der Waals surface area contributed by atoms with E-state index < -0.39 is 0 Å². The number of rotatable bonds is 5. The van der Waals surface area contributed by atoms with Gasteiger partial charge in [0.2, 0.25) is 11.8 Å². The van der Waals surface area contributed by atoms with E-state index in [4.69, 9.17) is 13.9 Å². The van der Waals surface area contributed by atoms with Gasteiger partial charge >= 0.3 is 6.03 Å².